The SMILES string of the molecule is CC.CC.CCC.O=[N+]1C=CC=CC1=C1C=CC=CN1[O-]. The number of hydroxylamine groups is 2. The smallest absolute Gasteiger partial charge is 0.285 e. The number of hydrogen-bond acceptors (Lipinski definition) is 3. The Bertz CT molecular complexity index is 430. The van der Waals surface area contributed by atoms with Crippen molar-refractivity contribution >= 4 is 0 Å². The lowest BCUT2D eigenvalue weighted by molar-refractivity contribution is -0.421. The summed E-state index contributed by atoms with van der Waals surface area (Å²) in [6.07, 6.45) is 13.9. The van der Waals surface area contributed by atoms with Gasteiger partial charge in [0.15, 0.2) is 0 Å². The van der Waals surface area contributed by atoms with Gasteiger partial charge in [0, 0.05) is 17.1 Å². The minimum Gasteiger partial charge on any atom is -0.754 e. The molecule has 0 radical (unpaired) electrons. The van der Waals surface area contributed by atoms with E-state index < -0.39 is 0 Å². The fraction of sp³-hybridized carbons (Fsp3) is 0.412. The monoisotopic (exact) mass is 292 g/mol. The molecule has 4 nitrogen and oxygen atoms in total. The van der Waals surface area contributed by atoms with E-state index in [4.69, 9.17) is 0 Å². The third-order valence-corrected chi connectivity index (χ3v) is 1.91. The Balaban J connectivity index is 0. The van der Waals surface area contributed by atoms with Gasteiger partial charge >= 0.3 is 0 Å². The van der Waals surface area contributed by atoms with Gasteiger partial charge in [-0.2, -0.15) is 0 Å². The Morgan fingerprint density at radius 1 is 1.00 bits per heavy atom. The first kappa shape index (κ1) is 21.4. The van der Waals surface area contributed by atoms with Crippen LogP contribution in [0.25, 0.3) is 0 Å². The van der Waals surface area contributed by atoms with Crippen LogP contribution in [0.5, 0.6) is 0 Å². The molecule has 4 heteroatoms. The molecule has 0 aromatic heterocycles. The number of nitroso groups, excluding NO2 is 1. The van der Waals surface area contributed by atoms with Crippen molar-refractivity contribution in [2.24, 2.45) is 0 Å². The minimum absolute atomic E-state index is 0.350. The molecule has 2 aliphatic rings. The number of nitrogens with zero attached hydrogens (tertiary/aromatic N) is 2. The quantitative estimate of drug-likeness (QED) is 0.560. The number of allylic oxidation sites excluding steroid dienone is 6. The van der Waals surface area contributed by atoms with Crippen molar-refractivity contribution in [1.29, 1.82) is 0 Å². The van der Waals surface area contributed by atoms with E-state index in [0.29, 0.717) is 21.2 Å². The van der Waals surface area contributed by atoms with Crippen LogP contribution in [0.15, 0.2) is 60.3 Å². The topological polar surface area (TPSA) is 46.4 Å². The summed E-state index contributed by atoms with van der Waals surface area (Å²) in [4.78, 5) is 11.3. The highest BCUT2D eigenvalue weighted by Gasteiger charge is 2.20. The van der Waals surface area contributed by atoms with Gasteiger partial charge in [-0.3, -0.25) is 0 Å². The molecule has 0 amide bonds. The Hall–Kier alpha value is -1.94. The Labute approximate surface area is 129 Å². The lowest BCUT2D eigenvalue weighted by Crippen LogP contribution is -2.15. The summed E-state index contributed by atoms with van der Waals surface area (Å²) in [5.41, 5.74) is 0.700. The second-order valence-corrected chi connectivity index (χ2v) is 3.53. The van der Waals surface area contributed by atoms with Gasteiger partial charge in [-0.15, -0.1) is 0 Å². The van der Waals surface area contributed by atoms with E-state index in [1.165, 1.54) is 18.8 Å². The van der Waals surface area contributed by atoms with Crippen LogP contribution in [0.1, 0.15) is 48.0 Å². The largest absolute Gasteiger partial charge is 0.754 e. The molecule has 2 rings (SSSR count). The van der Waals surface area contributed by atoms with Crippen LogP contribution in [0.3, 0.4) is 0 Å². The molecule has 2 heterocycles. The average molecular weight is 292 g/mol. The van der Waals surface area contributed by atoms with E-state index in [1.807, 2.05) is 27.7 Å². The van der Waals surface area contributed by atoms with Crippen LogP contribution in [-0.4, -0.2) is 9.82 Å². The normalized spacial score (nSPS) is 18.0. The van der Waals surface area contributed by atoms with Crippen molar-refractivity contribution < 1.29 is 4.76 Å². The second-order valence-electron chi connectivity index (χ2n) is 3.53. The highest BCUT2D eigenvalue weighted by atomic mass is 16.5. The molecule has 0 aliphatic carbocycles. The van der Waals surface area contributed by atoms with Crippen LogP contribution in [0.4, 0.5) is 0 Å². The zero-order valence-electron chi connectivity index (χ0n) is 14.0. The summed E-state index contributed by atoms with van der Waals surface area (Å²) in [7, 11) is 0. The van der Waals surface area contributed by atoms with Gasteiger partial charge in [0.2, 0.25) is 6.20 Å². The van der Waals surface area contributed by atoms with Crippen LogP contribution < -0.4 is 0 Å². The molecule has 0 aromatic rings. The zero-order chi connectivity index (χ0) is 16.7. The summed E-state index contributed by atoms with van der Waals surface area (Å²) in [6.45, 7) is 12.2. The van der Waals surface area contributed by atoms with Crippen molar-refractivity contribution in [2.45, 2.75) is 48.0 Å². The molecule has 0 aromatic carbocycles. The molecule has 0 fully saturated rings. The maximum absolute atomic E-state index is 11.3. The van der Waals surface area contributed by atoms with E-state index in [2.05, 4.69) is 13.8 Å². The Morgan fingerprint density at radius 3 is 2.00 bits per heavy atom. The van der Waals surface area contributed by atoms with Gasteiger partial charge in [-0.1, -0.05) is 54.0 Å². The maximum Gasteiger partial charge on any atom is 0.285 e. The molecule has 2 aliphatic heterocycles. The van der Waals surface area contributed by atoms with Crippen molar-refractivity contribution in [3.8, 4) is 0 Å². The third-order valence-electron chi connectivity index (χ3n) is 1.91. The van der Waals surface area contributed by atoms with Gasteiger partial charge in [0.25, 0.3) is 5.70 Å². The van der Waals surface area contributed by atoms with E-state index in [1.54, 1.807) is 36.5 Å². The lowest BCUT2D eigenvalue weighted by Gasteiger charge is -2.28. The van der Waals surface area contributed by atoms with E-state index in [-0.39, 0.29) is 0 Å². The van der Waals surface area contributed by atoms with Gasteiger partial charge in [-0.05, 0) is 24.4 Å². The lowest BCUT2D eigenvalue weighted by atomic mass is 10.2. The first-order valence-corrected chi connectivity index (χ1v) is 7.57. The molecule has 0 unspecified atom stereocenters. The average Bonchev–Trinajstić information content (AvgIpc) is 2.53. The summed E-state index contributed by atoms with van der Waals surface area (Å²) in [5, 5.41) is 12.0. The molecular formula is C17H28N2O2. The summed E-state index contributed by atoms with van der Waals surface area (Å²) in [6, 6.07) is 0. The van der Waals surface area contributed by atoms with E-state index >= 15 is 0 Å². The van der Waals surface area contributed by atoms with Crippen LogP contribution in [0.2, 0.25) is 0 Å². The number of hydrogen-bond donors (Lipinski definition) is 0. The molecular weight excluding hydrogens is 264 g/mol. The third kappa shape index (κ3) is 8.05. The Kier molecular flexibility index (Phi) is 14.7. The highest BCUT2D eigenvalue weighted by molar-refractivity contribution is 5.36. The first-order valence-electron chi connectivity index (χ1n) is 7.57. The molecule has 21 heavy (non-hydrogen) atoms. The standard InChI is InChI=1S/C10H8N2O2.C3H8.2C2H6/c13-11-7-3-1-5-9(11)10-6-2-4-8-12(10)14;1-3-2;2*1-2/h1-8H;3H2,1-2H3;2*1-2H3. The van der Waals surface area contributed by atoms with Crippen LogP contribution in [0, 0.1) is 10.1 Å². The predicted molar refractivity (Wildman–Crippen MR) is 91.1 cm³/mol. The van der Waals surface area contributed by atoms with Crippen LogP contribution in [-0.2, 0) is 0 Å². The summed E-state index contributed by atoms with van der Waals surface area (Å²) >= 11 is 0. The Morgan fingerprint density at radius 2 is 1.52 bits per heavy atom. The van der Waals surface area contributed by atoms with Crippen molar-refractivity contribution in [2.75, 3.05) is 0 Å². The predicted octanol–water partition coefficient (Wildman–Crippen LogP) is 5.41. The van der Waals surface area contributed by atoms with E-state index in [0.717, 1.165) is 0 Å². The van der Waals surface area contributed by atoms with Gasteiger partial charge in [-0.25, -0.2) is 0 Å². The molecule has 0 N–H and O–H groups in total. The molecule has 118 valence electrons. The molecule has 0 saturated carbocycles. The second kappa shape index (κ2) is 14.5. The fourth-order valence-electron chi connectivity index (χ4n) is 1.25. The van der Waals surface area contributed by atoms with Crippen molar-refractivity contribution in [3.05, 3.63) is 70.4 Å². The van der Waals surface area contributed by atoms with Crippen molar-refractivity contribution in [1.82, 2.24) is 5.06 Å². The molecule has 0 atom stereocenters. The van der Waals surface area contributed by atoms with Gasteiger partial charge in [0.05, 0.1) is 4.76 Å². The summed E-state index contributed by atoms with van der Waals surface area (Å²) in [5.74, 6) is 0. The molecule has 0 saturated heterocycles. The minimum atomic E-state index is 0.350. The first-order chi connectivity index (χ1) is 10.2. The van der Waals surface area contributed by atoms with Crippen LogP contribution >= 0.6 is 0 Å². The fourth-order valence-corrected chi connectivity index (χ4v) is 1.25. The van der Waals surface area contributed by atoms with Gasteiger partial charge < -0.3 is 10.3 Å². The maximum atomic E-state index is 11.3. The van der Waals surface area contributed by atoms with Gasteiger partial charge in [0.1, 0.15) is 5.70 Å². The summed E-state index contributed by atoms with van der Waals surface area (Å²) < 4.78 is 0.670. The highest BCUT2D eigenvalue weighted by Crippen LogP contribution is 2.19. The molecule has 0 spiro atoms. The van der Waals surface area contributed by atoms with E-state index in [9.17, 15) is 10.1 Å². The molecule has 0 bridgehead atoms. The van der Waals surface area contributed by atoms with Crippen molar-refractivity contribution in [3.63, 3.8) is 0 Å². The zero-order valence-corrected chi connectivity index (χ0v) is 14.0. The number of rotatable bonds is 0.